The van der Waals surface area contributed by atoms with Crippen molar-refractivity contribution in [2.45, 2.75) is 51.6 Å². The monoisotopic (exact) mass is 420 g/mol. The summed E-state index contributed by atoms with van der Waals surface area (Å²) in [5, 5.41) is 3.46. The van der Waals surface area contributed by atoms with Crippen LogP contribution < -0.4 is 15.8 Å². The zero-order valence-corrected chi connectivity index (χ0v) is 17.3. The molecule has 5 nitrogen and oxygen atoms in total. The number of ketones is 1. The SMILES string of the molecule is CC[C@@H](N[C@H](C)CC(=O)CCC(N)=O)c1ccc(Cl)c(Oc2ccccc2)c1F. The van der Waals surface area contributed by atoms with Crippen molar-refractivity contribution in [1.29, 1.82) is 0 Å². The van der Waals surface area contributed by atoms with Crippen LogP contribution in [0.1, 0.15) is 51.1 Å². The van der Waals surface area contributed by atoms with Crippen LogP contribution >= 0.6 is 11.6 Å². The topological polar surface area (TPSA) is 81.4 Å². The fourth-order valence-corrected chi connectivity index (χ4v) is 3.24. The molecule has 0 saturated heterocycles. The van der Waals surface area contributed by atoms with Gasteiger partial charge in [-0.15, -0.1) is 0 Å². The molecule has 1 amide bonds. The maximum Gasteiger partial charge on any atom is 0.217 e. The number of hydrogen-bond acceptors (Lipinski definition) is 4. The van der Waals surface area contributed by atoms with Crippen molar-refractivity contribution < 1.29 is 18.7 Å². The van der Waals surface area contributed by atoms with E-state index >= 15 is 4.39 Å². The van der Waals surface area contributed by atoms with E-state index in [0.29, 0.717) is 17.7 Å². The number of benzene rings is 2. The highest BCUT2D eigenvalue weighted by Gasteiger charge is 2.22. The van der Waals surface area contributed by atoms with Gasteiger partial charge in [-0.25, -0.2) is 4.39 Å². The average Bonchev–Trinajstić information content (AvgIpc) is 2.69. The zero-order valence-electron chi connectivity index (χ0n) is 16.6. The van der Waals surface area contributed by atoms with Gasteiger partial charge < -0.3 is 15.8 Å². The molecule has 0 fully saturated rings. The van der Waals surface area contributed by atoms with Gasteiger partial charge >= 0.3 is 0 Å². The predicted molar refractivity (Wildman–Crippen MR) is 112 cm³/mol. The predicted octanol–water partition coefficient (Wildman–Crippen LogP) is 4.93. The fraction of sp³-hybridized carbons (Fsp3) is 0.364. The molecule has 0 aliphatic carbocycles. The highest BCUT2D eigenvalue weighted by molar-refractivity contribution is 6.32. The fourth-order valence-electron chi connectivity index (χ4n) is 3.05. The van der Waals surface area contributed by atoms with Gasteiger partial charge in [-0.3, -0.25) is 9.59 Å². The third-order valence-corrected chi connectivity index (χ3v) is 4.79. The number of amides is 1. The molecule has 0 bridgehead atoms. The Bertz CT molecular complexity index is 845. The van der Waals surface area contributed by atoms with Gasteiger partial charge in [-0.1, -0.05) is 42.8 Å². The number of Topliss-reactive ketones (excluding diaryl/α,β-unsaturated/α-hetero) is 1. The number of hydrogen-bond donors (Lipinski definition) is 2. The van der Waals surface area contributed by atoms with Crippen LogP contribution in [0.3, 0.4) is 0 Å². The molecule has 0 aliphatic rings. The van der Waals surface area contributed by atoms with E-state index in [1.54, 1.807) is 36.4 Å². The van der Waals surface area contributed by atoms with Crippen LogP contribution in [0.25, 0.3) is 0 Å². The van der Waals surface area contributed by atoms with Crippen LogP contribution in [-0.4, -0.2) is 17.7 Å². The van der Waals surface area contributed by atoms with Gasteiger partial charge in [0.25, 0.3) is 0 Å². The Morgan fingerprint density at radius 3 is 2.48 bits per heavy atom. The van der Waals surface area contributed by atoms with E-state index < -0.39 is 11.7 Å². The number of primary amides is 1. The summed E-state index contributed by atoms with van der Waals surface area (Å²) < 4.78 is 20.9. The lowest BCUT2D eigenvalue weighted by atomic mass is 10.0. The van der Waals surface area contributed by atoms with Crippen molar-refractivity contribution in [3.8, 4) is 11.5 Å². The summed E-state index contributed by atoms with van der Waals surface area (Å²) in [6.45, 7) is 3.77. The largest absolute Gasteiger partial charge is 0.453 e. The normalized spacial score (nSPS) is 13.0. The molecular weight excluding hydrogens is 395 g/mol. The highest BCUT2D eigenvalue weighted by Crippen LogP contribution is 2.36. The van der Waals surface area contributed by atoms with Crippen molar-refractivity contribution in [2.24, 2.45) is 5.73 Å². The van der Waals surface area contributed by atoms with E-state index in [9.17, 15) is 9.59 Å². The molecule has 0 saturated carbocycles. The molecule has 2 rings (SSSR count). The number of halogens is 2. The molecule has 0 unspecified atom stereocenters. The minimum atomic E-state index is -0.534. The third-order valence-electron chi connectivity index (χ3n) is 4.50. The molecule has 0 spiro atoms. The number of nitrogens with two attached hydrogens (primary N) is 1. The number of carbonyl (C=O) groups excluding carboxylic acids is 2. The summed E-state index contributed by atoms with van der Waals surface area (Å²) in [7, 11) is 0. The summed E-state index contributed by atoms with van der Waals surface area (Å²) >= 11 is 6.17. The summed E-state index contributed by atoms with van der Waals surface area (Å²) in [4.78, 5) is 22.8. The molecule has 0 radical (unpaired) electrons. The van der Waals surface area contributed by atoms with E-state index in [2.05, 4.69) is 5.32 Å². The molecule has 0 heterocycles. The Morgan fingerprint density at radius 1 is 1.17 bits per heavy atom. The van der Waals surface area contributed by atoms with Gasteiger partial charge in [0.2, 0.25) is 5.91 Å². The zero-order chi connectivity index (χ0) is 21.4. The first-order chi connectivity index (χ1) is 13.8. The first kappa shape index (κ1) is 22.8. The Balaban J connectivity index is 2.13. The summed E-state index contributed by atoms with van der Waals surface area (Å²) in [5.41, 5.74) is 5.49. The lowest BCUT2D eigenvalue weighted by Crippen LogP contribution is -2.32. The second-order valence-corrected chi connectivity index (χ2v) is 7.34. The Morgan fingerprint density at radius 2 is 1.86 bits per heavy atom. The van der Waals surface area contributed by atoms with Crippen LogP contribution in [0, 0.1) is 5.82 Å². The Hall–Kier alpha value is -2.44. The molecular formula is C22H26ClFN2O3. The van der Waals surface area contributed by atoms with E-state index in [4.69, 9.17) is 22.1 Å². The smallest absolute Gasteiger partial charge is 0.217 e. The maximum atomic E-state index is 15.2. The van der Waals surface area contributed by atoms with Crippen molar-refractivity contribution >= 4 is 23.3 Å². The number of rotatable bonds is 11. The molecule has 3 N–H and O–H groups in total. The molecule has 0 aliphatic heterocycles. The number of nitrogens with one attached hydrogen (secondary N) is 1. The minimum absolute atomic E-state index is 0.0270. The lowest BCUT2D eigenvalue weighted by molar-refractivity contribution is -0.124. The third kappa shape index (κ3) is 6.84. The van der Waals surface area contributed by atoms with Crippen LogP contribution in [0.5, 0.6) is 11.5 Å². The molecule has 7 heteroatoms. The molecule has 0 aromatic heterocycles. The molecule has 2 aromatic carbocycles. The average molecular weight is 421 g/mol. The minimum Gasteiger partial charge on any atom is -0.453 e. The van der Waals surface area contributed by atoms with E-state index in [0.717, 1.165) is 0 Å². The summed E-state index contributed by atoms with van der Waals surface area (Å²) in [5.74, 6) is -0.642. The number of carbonyl (C=O) groups is 2. The van der Waals surface area contributed by atoms with Gasteiger partial charge in [0.15, 0.2) is 11.6 Å². The van der Waals surface area contributed by atoms with E-state index in [1.165, 1.54) is 0 Å². The standard InChI is InChI=1S/C22H26ClFN2O3/c1-3-19(26-14(2)13-15(27)9-12-20(25)28)17-10-11-18(23)22(21(17)24)29-16-7-5-4-6-8-16/h4-8,10-11,14,19,26H,3,9,12-13H2,1-2H3,(H2,25,28)/t14-,19-/m1/s1. The Kier molecular flexibility index (Phi) is 8.61. The van der Waals surface area contributed by atoms with Crippen LogP contribution in [-0.2, 0) is 9.59 Å². The summed E-state index contributed by atoms with van der Waals surface area (Å²) in [6, 6.07) is 11.6. The summed E-state index contributed by atoms with van der Waals surface area (Å²) in [6.07, 6.45) is 0.979. The molecule has 2 atom stereocenters. The van der Waals surface area contributed by atoms with Gasteiger partial charge in [-0.2, -0.15) is 0 Å². The van der Waals surface area contributed by atoms with Gasteiger partial charge in [0.05, 0.1) is 5.02 Å². The van der Waals surface area contributed by atoms with Crippen LogP contribution in [0.4, 0.5) is 4.39 Å². The van der Waals surface area contributed by atoms with Gasteiger partial charge in [-0.05, 0) is 31.5 Å². The van der Waals surface area contributed by atoms with Crippen LogP contribution in [0.15, 0.2) is 42.5 Å². The second-order valence-electron chi connectivity index (χ2n) is 6.93. The molecule has 2 aromatic rings. The highest BCUT2D eigenvalue weighted by atomic mass is 35.5. The second kappa shape index (κ2) is 10.9. The van der Waals surface area contributed by atoms with E-state index in [-0.39, 0.29) is 47.9 Å². The maximum absolute atomic E-state index is 15.2. The quantitative estimate of drug-likeness (QED) is 0.540. The Labute approximate surface area is 175 Å². The molecule has 156 valence electrons. The van der Waals surface area contributed by atoms with Crippen molar-refractivity contribution in [3.05, 3.63) is 58.9 Å². The first-order valence-electron chi connectivity index (χ1n) is 9.58. The van der Waals surface area contributed by atoms with Crippen LogP contribution in [0.2, 0.25) is 5.02 Å². The van der Waals surface area contributed by atoms with Gasteiger partial charge in [0.1, 0.15) is 11.5 Å². The van der Waals surface area contributed by atoms with Crippen molar-refractivity contribution in [3.63, 3.8) is 0 Å². The van der Waals surface area contributed by atoms with Gasteiger partial charge in [0, 0.05) is 36.9 Å². The lowest BCUT2D eigenvalue weighted by Gasteiger charge is -2.24. The number of ether oxygens (including phenoxy) is 1. The first-order valence-corrected chi connectivity index (χ1v) is 9.96. The molecule has 29 heavy (non-hydrogen) atoms. The van der Waals surface area contributed by atoms with Crippen molar-refractivity contribution in [2.75, 3.05) is 0 Å². The number of para-hydroxylation sites is 1. The van der Waals surface area contributed by atoms with E-state index in [1.807, 2.05) is 19.9 Å². The van der Waals surface area contributed by atoms with Crippen molar-refractivity contribution in [1.82, 2.24) is 5.32 Å².